The van der Waals surface area contributed by atoms with Gasteiger partial charge in [-0.3, -0.25) is 9.78 Å². The summed E-state index contributed by atoms with van der Waals surface area (Å²) in [6, 6.07) is 11.7. The first-order chi connectivity index (χ1) is 12.3. The Labute approximate surface area is 148 Å². The molecule has 0 atom stereocenters. The van der Waals surface area contributed by atoms with Crippen LogP contribution in [0.3, 0.4) is 0 Å². The van der Waals surface area contributed by atoms with Gasteiger partial charge in [0.15, 0.2) is 10.8 Å². The monoisotopic (exact) mass is 348 g/mol. The number of aromatic amines is 1. The Morgan fingerprint density at radius 1 is 1.12 bits per heavy atom. The van der Waals surface area contributed by atoms with Crippen molar-refractivity contribution in [1.29, 1.82) is 0 Å². The highest BCUT2D eigenvalue weighted by Crippen LogP contribution is 2.27. The molecule has 0 fully saturated rings. The van der Waals surface area contributed by atoms with Crippen molar-refractivity contribution < 1.29 is 0 Å². The van der Waals surface area contributed by atoms with Crippen molar-refractivity contribution in [2.75, 3.05) is 5.75 Å². The summed E-state index contributed by atoms with van der Waals surface area (Å²) in [7, 11) is 0. The third-order valence-corrected chi connectivity index (χ3v) is 5.02. The van der Waals surface area contributed by atoms with Gasteiger partial charge in [-0.15, -0.1) is 0 Å². The van der Waals surface area contributed by atoms with E-state index in [1.54, 1.807) is 12.4 Å². The zero-order chi connectivity index (χ0) is 17.2. The average Bonchev–Trinajstić information content (AvgIpc) is 2.65. The second-order valence-electron chi connectivity index (χ2n) is 5.69. The van der Waals surface area contributed by atoms with Crippen LogP contribution in [0.5, 0.6) is 0 Å². The molecular weight excluding hydrogens is 332 g/mol. The van der Waals surface area contributed by atoms with Gasteiger partial charge in [0.05, 0.1) is 10.9 Å². The van der Waals surface area contributed by atoms with Gasteiger partial charge in [0.2, 0.25) is 0 Å². The van der Waals surface area contributed by atoms with Crippen LogP contribution in [-0.2, 0) is 0 Å². The molecule has 124 valence electrons. The first kappa shape index (κ1) is 15.8. The molecule has 0 spiro atoms. The lowest BCUT2D eigenvalue weighted by Gasteiger charge is -2.07. The van der Waals surface area contributed by atoms with E-state index in [9.17, 15) is 4.79 Å². The highest BCUT2D eigenvalue weighted by Gasteiger charge is 2.12. The van der Waals surface area contributed by atoms with Gasteiger partial charge in [-0.25, -0.2) is 9.97 Å². The number of benzene rings is 1. The van der Waals surface area contributed by atoms with Crippen LogP contribution in [-0.4, -0.2) is 25.7 Å². The highest BCUT2D eigenvalue weighted by atomic mass is 32.2. The third-order valence-electron chi connectivity index (χ3n) is 3.94. The summed E-state index contributed by atoms with van der Waals surface area (Å²) in [4.78, 5) is 28.7. The summed E-state index contributed by atoms with van der Waals surface area (Å²) >= 11 is 1.54. The molecule has 0 aliphatic rings. The maximum absolute atomic E-state index is 12.7. The molecule has 0 radical (unpaired) electrons. The van der Waals surface area contributed by atoms with E-state index in [0.29, 0.717) is 16.2 Å². The smallest absolute Gasteiger partial charge is 0.261 e. The lowest BCUT2D eigenvalue weighted by molar-refractivity contribution is 0.956. The summed E-state index contributed by atoms with van der Waals surface area (Å²) < 4.78 is 0. The minimum absolute atomic E-state index is 0.155. The molecule has 0 aliphatic heterocycles. The Kier molecular flexibility index (Phi) is 4.19. The van der Waals surface area contributed by atoms with Gasteiger partial charge in [-0.2, -0.15) is 0 Å². The largest absolute Gasteiger partial charge is 0.301 e. The van der Waals surface area contributed by atoms with Crippen LogP contribution >= 0.6 is 11.8 Å². The maximum atomic E-state index is 12.7. The zero-order valence-corrected chi connectivity index (χ0v) is 14.5. The minimum Gasteiger partial charge on any atom is -0.301 e. The number of thioether (sulfide) groups is 1. The van der Waals surface area contributed by atoms with Crippen molar-refractivity contribution in [2.45, 2.75) is 18.5 Å². The van der Waals surface area contributed by atoms with Crippen molar-refractivity contribution in [1.82, 2.24) is 19.9 Å². The summed E-state index contributed by atoms with van der Waals surface area (Å²) in [6.45, 7) is 2.09. The van der Waals surface area contributed by atoms with Gasteiger partial charge in [-0.1, -0.05) is 30.8 Å². The van der Waals surface area contributed by atoms with Crippen LogP contribution in [0.1, 0.15) is 13.3 Å². The van der Waals surface area contributed by atoms with Crippen molar-refractivity contribution in [3.05, 3.63) is 59.1 Å². The maximum Gasteiger partial charge on any atom is 0.261 e. The molecule has 6 heteroatoms. The number of hydrogen-bond acceptors (Lipinski definition) is 5. The Hall–Kier alpha value is -2.73. The summed E-state index contributed by atoms with van der Waals surface area (Å²) in [5.74, 6) is 0.909. The van der Waals surface area contributed by atoms with E-state index in [1.807, 2.05) is 36.4 Å². The van der Waals surface area contributed by atoms with Crippen molar-refractivity contribution >= 4 is 33.7 Å². The Bertz CT molecular complexity index is 1120. The van der Waals surface area contributed by atoms with Crippen molar-refractivity contribution in [2.24, 2.45) is 0 Å². The SMILES string of the molecule is CCCSc1nc2nccc(-c3ccc4ncccc4c3)c2c(=O)[nH]1. The van der Waals surface area contributed by atoms with Crippen LogP contribution < -0.4 is 5.56 Å². The fraction of sp³-hybridized carbons (Fsp3) is 0.158. The van der Waals surface area contributed by atoms with Crippen LogP contribution in [0.25, 0.3) is 33.1 Å². The van der Waals surface area contributed by atoms with Crippen molar-refractivity contribution in [3.63, 3.8) is 0 Å². The van der Waals surface area contributed by atoms with Crippen LogP contribution in [0.2, 0.25) is 0 Å². The number of nitrogens with zero attached hydrogens (tertiary/aromatic N) is 3. The Morgan fingerprint density at radius 2 is 2.04 bits per heavy atom. The molecule has 0 bridgehead atoms. The van der Waals surface area contributed by atoms with E-state index in [-0.39, 0.29) is 5.56 Å². The van der Waals surface area contributed by atoms with Gasteiger partial charge >= 0.3 is 0 Å². The predicted octanol–water partition coefficient (Wildman–Crippen LogP) is 4.04. The normalized spacial score (nSPS) is 11.2. The first-order valence-corrected chi connectivity index (χ1v) is 9.12. The molecule has 0 saturated carbocycles. The molecule has 1 aromatic carbocycles. The number of aromatic nitrogens is 4. The molecule has 5 nitrogen and oxygen atoms in total. The van der Waals surface area contributed by atoms with E-state index in [2.05, 4.69) is 26.9 Å². The molecule has 0 unspecified atom stereocenters. The quantitative estimate of drug-likeness (QED) is 0.445. The number of hydrogen-bond donors (Lipinski definition) is 1. The number of rotatable bonds is 4. The molecule has 1 N–H and O–H groups in total. The van der Waals surface area contributed by atoms with Gasteiger partial charge in [0.1, 0.15) is 0 Å². The molecular formula is C19H16N4OS. The minimum atomic E-state index is -0.155. The van der Waals surface area contributed by atoms with Gasteiger partial charge in [0.25, 0.3) is 5.56 Å². The van der Waals surface area contributed by atoms with Gasteiger partial charge in [-0.05, 0) is 41.8 Å². The topological polar surface area (TPSA) is 71.5 Å². The molecule has 0 amide bonds. The molecule has 25 heavy (non-hydrogen) atoms. The molecule has 0 aliphatic carbocycles. The molecule has 0 saturated heterocycles. The third kappa shape index (κ3) is 3.00. The lowest BCUT2D eigenvalue weighted by Crippen LogP contribution is -2.11. The van der Waals surface area contributed by atoms with E-state index < -0.39 is 0 Å². The van der Waals surface area contributed by atoms with Gasteiger partial charge in [0, 0.05) is 23.5 Å². The van der Waals surface area contributed by atoms with E-state index >= 15 is 0 Å². The number of pyridine rings is 2. The van der Waals surface area contributed by atoms with E-state index in [0.717, 1.165) is 34.2 Å². The van der Waals surface area contributed by atoms with Gasteiger partial charge < -0.3 is 4.98 Å². The van der Waals surface area contributed by atoms with E-state index in [1.165, 1.54) is 11.8 Å². The fourth-order valence-electron chi connectivity index (χ4n) is 2.79. The van der Waals surface area contributed by atoms with Crippen LogP contribution in [0.15, 0.2) is 58.7 Å². The average molecular weight is 348 g/mol. The summed E-state index contributed by atoms with van der Waals surface area (Å²) in [6.07, 6.45) is 4.49. The standard InChI is InChI=1S/C19H16N4OS/c1-2-10-25-19-22-17-16(18(24)23-19)14(7-9-21-17)12-5-6-15-13(11-12)4-3-8-20-15/h3-9,11H,2,10H2,1H3,(H,21,22,23,24). The first-order valence-electron chi connectivity index (χ1n) is 8.13. The number of H-pyrrole nitrogens is 1. The molecule has 3 aromatic heterocycles. The second kappa shape index (κ2) is 6.64. The van der Waals surface area contributed by atoms with Crippen molar-refractivity contribution in [3.8, 4) is 11.1 Å². The molecule has 3 heterocycles. The fourth-order valence-corrected chi connectivity index (χ4v) is 3.51. The number of fused-ring (bicyclic) bond motifs is 2. The molecule has 4 rings (SSSR count). The van der Waals surface area contributed by atoms with Crippen LogP contribution in [0.4, 0.5) is 0 Å². The van der Waals surface area contributed by atoms with Crippen LogP contribution in [0, 0.1) is 0 Å². The highest BCUT2D eigenvalue weighted by molar-refractivity contribution is 7.99. The molecule has 4 aromatic rings. The summed E-state index contributed by atoms with van der Waals surface area (Å²) in [5.41, 5.74) is 3.03. The number of nitrogens with one attached hydrogen (secondary N) is 1. The second-order valence-corrected chi connectivity index (χ2v) is 6.77. The Morgan fingerprint density at radius 3 is 2.92 bits per heavy atom. The Balaban J connectivity index is 1.90. The predicted molar refractivity (Wildman–Crippen MR) is 102 cm³/mol. The summed E-state index contributed by atoms with van der Waals surface area (Å²) in [5, 5.41) is 2.17. The lowest BCUT2D eigenvalue weighted by atomic mass is 10.0. The zero-order valence-electron chi connectivity index (χ0n) is 13.7. The van der Waals surface area contributed by atoms with E-state index in [4.69, 9.17) is 0 Å².